The lowest BCUT2D eigenvalue weighted by Crippen LogP contribution is -2.03. The second-order valence-electron chi connectivity index (χ2n) is 3.66. The zero-order valence-corrected chi connectivity index (χ0v) is 8.98. The zero-order valence-electron chi connectivity index (χ0n) is 8.98. The van der Waals surface area contributed by atoms with E-state index in [-0.39, 0.29) is 0 Å². The molecule has 0 fully saturated rings. The van der Waals surface area contributed by atoms with E-state index in [4.69, 9.17) is 5.73 Å². The number of nitrogen functional groups attached to an aromatic ring is 1. The minimum atomic E-state index is 0.356. The summed E-state index contributed by atoms with van der Waals surface area (Å²) < 4.78 is 1.71. The number of rotatable bonds is 2. The first-order valence-corrected chi connectivity index (χ1v) is 5.18. The Hall–Kier alpha value is -2.50. The van der Waals surface area contributed by atoms with E-state index >= 15 is 0 Å². The Morgan fingerprint density at radius 2 is 1.94 bits per heavy atom. The highest BCUT2D eigenvalue weighted by Gasteiger charge is 2.09. The Morgan fingerprint density at radius 1 is 1.12 bits per heavy atom. The molecule has 0 bridgehead atoms. The summed E-state index contributed by atoms with van der Waals surface area (Å²) in [5, 5.41) is 8.01. The fourth-order valence-electron chi connectivity index (χ4n) is 1.67. The summed E-state index contributed by atoms with van der Waals surface area (Å²) in [4.78, 5) is 8.02. The summed E-state index contributed by atoms with van der Waals surface area (Å²) in [7, 11) is 0. The molecule has 0 atom stereocenters. The molecule has 6 nitrogen and oxygen atoms in total. The maximum absolute atomic E-state index is 5.70. The van der Waals surface area contributed by atoms with Crippen LogP contribution in [0.25, 0.3) is 11.2 Å². The summed E-state index contributed by atoms with van der Waals surface area (Å²) in [6.45, 7) is 0.619. The van der Waals surface area contributed by atoms with Crippen LogP contribution in [0.3, 0.4) is 0 Å². The van der Waals surface area contributed by atoms with Gasteiger partial charge in [0.05, 0.1) is 6.54 Å². The monoisotopic (exact) mass is 226 g/mol. The number of hydrogen-bond donors (Lipinski definition) is 1. The predicted molar refractivity (Wildman–Crippen MR) is 63.1 cm³/mol. The molecule has 0 aliphatic rings. The van der Waals surface area contributed by atoms with E-state index < -0.39 is 0 Å². The molecule has 17 heavy (non-hydrogen) atoms. The van der Waals surface area contributed by atoms with Crippen LogP contribution >= 0.6 is 0 Å². The first kappa shape index (κ1) is 9.71. The summed E-state index contributed by atoms with van der Waals surface area (Å²) in [6.07, 6.45) is 1.42. The highest BCUT2D eigenvalue weighted by Crippen LogP contribution is 2.13. The molecule has 0 saturated carbocycles. The molecule has 0 aliphatic heterocycles. The van der Waals surface area contributed by atoms with Crippen molar-refractivity contribution in [2.24, 2.45) is 0 Å². The topological polar surface area (TPSA) is 82.5 Å². The van der Waals surface area contributed by atoms with Crippen molar-refractivity contribution < 1.29 is 0 Å². The number of hydrogen-bond acceptors (Lipinski definition) is 5. The fraction of sp³-hybridized carbons (Fsp3) is 0.0909. The second-order valence-corrected chi connectivity index (χ2v) is 3.66. The first-order valence-electron chi connectivity index (χ1n) is 5.18. The minimum Gasteiger partial charge on any atom is -0.382 e. The number of nitrogens with zero attached hydrogens (tertiary/aromatic N) is 5. The molecule has 2 aromatic heterocycles. The molecule has 0 aliphatic carbocycles. The summed E-state index contributed by atoms with van der Waals surface area (Å²) in [6, 6.07) is 9.99. The molecule has 84 valence electrons. The van der Waals surface area contributed by atoms with Crippen LogP contribution in [0.5, 0.6) is 0 Å². The third-order valence-corrected chi connectivity index (χ3v) is 2.50. The SMILES string of the molecule is Nc1ncnc2c1nnn2Cc1ccccc1. The van der Waals surface area contributed by atoms with Gasteiger partial charge in [-0.3, -0.25) is 0 Å². The van der Waals surface area contributed by atoms with Crippen molar-refractivity contribution in [2.45, 2.75) is 6.54 Å². The lowest BCUT2D eigenvalue weighted by molar-refractivity contribution is 0.664. The Morgan fingerprint density at radius 3 is 2.76 bits per heavy atom. The third kappa shape index (κ3) is 1.69. The largest absolute Gasteiger partial charge is 0.382 e. The van der Waals surface area contributed by atoms with E-state index in [0.717, 1.165) is 5.56 Å². The lowest BCUT2D eigenvalue weighted by Gasteiger charge is -2.01. The van der Waals surface area contributed by atoms with Crippen LogP contribution in [0.1, 0.15) is 5.56 Å². The van der Waals surface area contributed by atoms with E-state index in [1.807, 2.05) is 30.3 Å². The molecule has 1 aromatic carbocycles. The smallest absolute Gasteiger partial charge is 0.184 e. The van der Waals surface area contributed by atoms with Crippen molar-refractivity contribution in [1.29, 1.82) is 0 Å². The standard InChI is InChI=1S/C11H10N6/c12-10-9-11(14-7-13-10)17(16-15-9)6-8-4-2-1-3-5-8/h1-5,7H,6H2,(H2,12,13,14). The lowest BCUT2D eigenvalue weighted by atomic mass is 10.2. The molecule has 2 N–H and O–H groups in total. The van der Waals surface area contributed by atoms with Gasteiger partial charge in [0.1, 0.15) is 6.33 Å². The predicted octanol–water partition coefficient (Wildman–Crippen LogP) is 0.852. The quantitative estimate of drug-likeness (QED) is 0.700. The van der Waals surface area contributed by atoms with Crippen molar-refractivity contribution in [3.8, 4) is 0 Å². The average Bonchev–Trinajstić information content (AvgIpc) is 2.76. The van der Waals surface area contributed by atoms with Gasteiger partial charge in [0, 0.05) is 0 Å². The van der Waals surface area contributed by atoms with Crippen LogP contribution in [-0.4, -0.2) is 25.0 Å². The summed E-state index contributed by atoms with van der Waals surface area (Å²) >= 11 is 0. The van der Waals surface area contributed by atoms with E-state index in [9.17, 15) is 0 Å². The van der Waals surface area contributed by atoms with Gasteiger partial charge in [-0.05, 0) is 5.56 Å². The Bertz CT molecular complexity index is 645. The van der Waals surface area contributed by atoms with Crippen LogP contribution in [0.4, 0.5) is 5.82 Å². The number of aromatic nitrogens is 5. The van der Waals surface area contributed by atoms with E-state index in [1.165, 1.54) is 6.33 Å². The first-order chi connectivity index (χ1) is 8.34. The number of fused-ring (bicyclic) bond motifs is 1. The van der Waals surface area contributed by atoms with Crippen molar-refractivity contribution in [3.63, 3.8) is 0 Å². The van der Waals surface area contributed by atoms with Crippen molar-refractivity contribution >= 4 is 17.0 Å². The van der Waals surface area contributed by atoms with Gasteiger partial charge in [-0.1, -0.05) is 35.5 Å². The number of benzene rings is 1. The van der Waals surface area contributed by atoms with Crippen molar-refractivity contribution in [1.82, 2.24) is 25.0 Å². The molecule has 2 heterocycles. The Balaban J connectivity index is 2.05. The molecule has 6 heteroatoms. The average molecular weight is 226 g/mol. The molecule has 0 unspecified atom stereocenters. The normalized spacial score (nSPS) is 10.8. The van der Waals surface area contributed by atoms with Gasteiger partial charge in [0.25, 0.3) is 0 Å². The third-order valence-electron chi connectivity index (χ3n) is 2.50. The van der Waals surface area contributed by atoms with Gasteiger partial charge >= 0.3 is 0 Å². The number of anilines is 1. The minimum absolute atomic E-state index is 0.356. The van der Waals surface area contributed by atoms with Crippen LogP contribution in [0.15, 0.2) is 36.7 Å². The molecular formula is C11H10N6. The van der Waals surface area contributed by atoms with E-state index in [2.05, 4.69) is 20.3 Å². The Kier molecular flexibility index (Phi) is 2.18. The Labute approximate surface area is 97.1 Å². The molecule has 0 spiro atoms. The van der Waals surface area contributed by atoms with Crippen LogP contribution in [0.2, 0.25) is 0 Å². The molecule has 0 amide bonds. The van der Waals surface area contributed by atoms with E-state index in [0.29, 0.717) is 23.5 Å². The van der Waals surface area contributed by atoms with E-state index in [1.54, 1.807) is 4.68 Å². The van der Waals surface area contributed by atoms with Gasteiger partial charge in [0.15, 0.2) is 17.0 Å². The van der Waals surface area contributed by atoms with Gasteiger partial charge < -0.3 is 5.73 Å². The molecule has 0 radical (unpaired) electrons. The van der Waals surface area contributed by atoms with Crippen LogP contribution in [0, 0.1) is 0 Å². The van der Waals surface area contributed by atoms with Gasteiger partial charge in [0.2, 0.25) is 0 Å². The second kappa shape index (κ2) is 3.82. The molecule has 3 rings (SSSR count). The van der Waals surface area contributed by atoms with Gasteiger partial charge in [-0.2, -0.15) is 0 Å². The van der Waals surface area contributed by atoms with Crippen molar-refractivity contribution in [2.75, 3.05) is 5.73 Å². The molecule has 0 saturated heterocycles. The number of nitrogens with two attached hydrogens (primary N) is 1. The van der Waals surface area contributed by atoms with Crippen molar-refractivity contribution in [3.05, 3.63) is 42.2 Å². The summed E-state index contributed by atoms with van der Waals surface area (Å²) in [5.41, 5.74) is 8.03. The maximum Gasteiger partial charge on any atom is 0.184 e. The van der Waals surface area contributed by atoms with Gasteiger partial charge in [-0.15, -0.1) is 5.10 Å². The highest BCUT2D eigenvalue weighted by atomic mass is 15.4. The molecule has 3 aromatic rings. The zero-order chi connectivity index (χ0) is 11.7. The fourth-order valence-corrected chi connectivity index (χ4v) is 1.67. The maximum atomic E-state index is 5.70. The highest BCUT2D eigenvalue weighted by molar-refractivity contribution is 5.80. The van der Waals surface area contributed by atoms with Crippen LogP contribution < -0.4 is 5.73 Å². The van der Waals surface area contributed by atoms with Gasteiger partial charge in [-0.25, -0.2) is 14.6 Å². The molecular weight excluding hydrogens is 216 g/mol. The van der Waals surface area contributed by atoms with Crippen LogP contribution in [-0.2, 0) is 6.54 Å². The summed E-state index contributed by atoms with van der Waals surface area (Å²) in [5.74, 6) is 0.356.